The molecule has 1 aliphatic carbocycles. The lowest BCUT2D eigenvalue weighted by atomic mass is 9.92. The molecule has 7 nitrogen and oxygen atoms in total. The summed E-state index contributed by atoms with van der Waals surface area (Å²) in [5.41, 5.74) is 4.30. The van der Waals surface area contributed by atoms with Gasteiger partial charge in [0.05, 0.1) is 5.69 Å². The topological polar surface area (TPSA) is 67.6 Å². The summed E-state index contributed by atoms with van der Waals surface area (Å²) in [6.45, 7) is 3.86. The zero-order valence-corrected chi connectivity index (χ0v) is 21.8. The first-order valence-electron chi connectivity index (χ1n) is 13.5. The van der Waals surface area contributed by atoms with Gasteiger partial charge in [0, 0.05) is 56.6 Å². The molecule has 1 aliphatic heterocycles. The quantitative estimate of drug-likeness (QED) is 0.369. The minimum atomic E-state index is 0.394. The van der Waals surface area contributed by atoms with Gasteiger partial charge in [0.15, 0.2) is 5.65 Å². The van der Waals surface area contributed by atoms with Crippen molar-refractivity contribution in [3.8, 4) is 5.75 Å². The SMILES string of the molecule is Bc1cnn2c(NCc3cccnc3)cc(C3CCCN(CC4C=CC=C(Oc5ccccc5)C4)C3)nc12. The molecule has 0 spiro atoms. The summed E-state index contributed by atoms with van der Waals surface area (Å²) in [7, 11) is 2.08. The van der Waals surface area contributed by atoms with Crippen LogP contribution in [-0.4, -0.2) is 52.0 Å². The Morgan fingerprint density at radius 3 is 2.89 bits per heavy atom. The second-order valence-electron chi connectivity index (χ2n) is 10.3. The predicted molar refractivity (Wildman–Crippen MR) is 154 cm³/mol. The van der Waals surface area contributed by atoms with E-state index in [1.165, 1.54) is 6.42 Å². The number of nitrogens with zero attached hydrogens (tertiary/aromatic N) is 5. The van der Waals surface area contributed by atoms with Crippen LogP contribution in [0.15, 0.2) is 91.1 Å². The van der Waals surface area contributed by atoms with Gasteiger partial charge in [0.25, 0.3) is 0 Å². The molecular weight excluding hydrogens is 471 g/mol. The van der Waals surface area contributed by atoms with Crippen molar-refractivity contribution in [2.24, 2.45) is 5.92 Å². The third kappa shape index (κ3) is 5.65. The number of likely N-dealkylation sites (tertiary alicyclic amines) is 1. The number of rotatable bonds is 8. The van der Waals surface area contributed by atoms with Crippen LogP contribution in [0.4, 0.5) is 5.82 Å². The summed E-state index contributed by atoms with van der Waals surface area (Å²) in [6, 6.07) is 16.3. The molecule has 4 aromatic rings. The Bertz CT molecular complexity index is 1440. The van der Waals surface area contributed by atoms with Gasteiger partial charge in [-0.3, -0.25) is 4.98 Å². The summed E-state index contributed by atoms with van der Waals surface area (Å²) in [5.74, 6) is 3.74. The van der Waals surface area contributed by atoms with Crippen LogP contribution in [0.1, 0.15) is 36.4 Å². The van der Waals surface area contributed by atoms with E-state index in [9.17, 15) is 0 Å². The van der Waals surface area contributed by atoms with Crippen molar-refractivity contribution in [1.29, 1.82) is 0 Å². The Kier molecular flexibility index (Phi) is 7.22. The Hall–Kier alpha value is -3.91. The van der Waals surface area contributed by atoms with Crippen molar-refractivity contribution in [3.63, 3.8) is 0 Å². The van der Waals surface area contributed by atoms with Gasteiger partial charge in [-0.2, -0.15) is 9.61 Å². The fourth-order valence-electron chi connectivity index (χ4n) is 5.47. The van der Waals surface area contributed by atoms with Crippen LogP contribution >= 0.6 is 0 Å². The monoisotopic (exact) mass is 504 g/mol. The van der Waals surface area contributed by atoms with Gasteiger partial charge in [0.2, 0.25) is 0 Å². The van der Waals surface area contributed by atoms with Gasteiger partial charge >= 0.3 is 0 Å². The minimum absolute atomic E-state index is 0.394. The number of para-hydroxylation sites is 1. The molecule has 0 saturated carbocycles. The highest BCUT2D eigenvalue weighted by Crippen LogP contribution is 2.30. The van der Waals surface area contributed by atoms with Crippen molar-refractivity contribution < 1.29 is 4.74 Å². The number of hydrogen-bond acceptors (Lipinski definition) is 6. The highest BCUT2D eigenvalue weighted by atomic mass is 16.5. The minimum Gasteiger partial charge on any atom is -0.462 e. The molecule has 1 saturated heterocycles. The number of aromatic nitrogens is 4. The molecule has 2 aliphatic rings. The number of nitrogens with one attached hydrogen (secondary N) is 1. The van der Waals surface area contributed by atoms with Crippen molar-refractivity contribution >= 4 is 24.8 Å². The molecule has 1 aromatic carbocycles. The highest BCUT2D eigenvalue weighted by molar-refractivity contribution is 6.36. The lowest BCUT2D eigenvalue weighted by molar-refractivity contribution is 0.184. The second-order valence-corrected chi connectivity index (χ2v) is 10.3. The van der Waals surface area contributed by atoms with E-state index in [1.807, 2.05) is 53.3 Å². The molecule has 2 atom stereocenters. The van der Waals surface area contributed by atoms with Gasteiger partial charge in [-0.25, -0.2) is 4.98 Å². The van der Waals surface area contributed by atoms with Crippen LogP contribution in [0.5, 0.6) is 5.75 Å². The molecule has 3 aromatic heterocycles. The van der Waals surface area contributed by atoms with Crippen molar-refractivity contribution in [2.45, 2.75) is 31.7 Å². The number of benzene rings is 1. The maximum atomic E-state index is 6.14. The maximum Gasteiger partial charge on any atom is 0.151 e. The Morgan fingerprint density at radius 2 is 2.03 bits per heavy atom. The second kappa shape index (κ2) is 11.2. The molecule has 6 rings (SSSR count). The molecule has 8 heteroatoms. The normalized spacial score (nSPS) is 19.8. The molecular formula is C30H33BN6O. The Morgan fingerprint density at radius 1 is 1.11 bits per heavy atom. The summed E-state index contributed by atoms with van der Waals surface area (Å²) < 4.78 is 8.06. The summed E-state index contributed by atoms with van der Waals surface area (Å²) in [5, 5.41) is 8.16. The lowest BCUT2D eigenvalue weighted by Crippen LogP contribution is -2.38. The third-order valence-electron chi connectivity index (χ3n) is 7.40. The predicted octanol–water partition coefficient (Wildman–Crippen LogP) is 3.71. The number of fused-ring (bicyclic) bond motifs is 1. The van der Waals surface area contributed by atoms with Gasteiger partial charge in [0.1, 0.15) is 25.2 Å². The highest BCUT2D eigenvalue weighted by Gasteiger charge is 2.26. The van der Waals surface area contributed by atoms with Crippen LogP contribution < -0.4 is 15.5 Å². The molecule has 38 heavy (non-hydrogen) atoms. The first-order chi connectivity index (χ1) is 18.7. The van der Waals surface area contributed by atoms with E-state index in [-0.39, 0.29) is 0 Å². The molecule has 0 radical (unpaired) electrons. The van der Waals surface area contributed by atoms with E-state index in [1.54, 1.807) is 6.20 Å². The molecule has 1 N–H and O–H groups in total. The van der Waals surface area contributed by atoms with Crippen molar-refractivity contribution in [3.05, 3.63) is 102 Å². The smallest absolute Gasteiger partial charge is 0.151 e. The number of ether oxygens (including phenoxy) is 1. The molecule has 0 bridgehead atoms. The summed E-state index contributed by atoms with van der Waals surface area (Å²) in [6.07, 6.45) is 15.4. The largest absolute Gasteiger partial charge is 0.462 e. The van der Waals surface area contributed by atoms with Gasteiger partial charge in [-0.15, -0.1) is 0 Å². The van der Waals surface area contributed by atoms with Crippen LogP contribution in [-0.2, 0) is 6.54 Å². The van der Waals surface area contributed by atoms with E-state index in [2.05, 4.69) is 58.5 Å². The molecule has 4 heterocycles. The van der Waals surface area contributed by atoms with Crippen LogP contribution in [0.3, 0.4) is 0 Å². The van der Waals surface area contributed by atoms with E-state index >= 15 is 0 Å². The van der Waals surface area contributed by atoms with Gasteiger partial charge < -0.3 is 15.0 Å². The molecule has 2 unspecified atom stereocenters. The number of anilines is 1. The molecule has 0 amide bonds. The average molecular weight is 504 g/mol. The van der Waals surface area contributed by atoms with E-state index in [0.29, 0.717) is 18.4 Å². The number of hydrogen-bond donors (Lipinski definition) is 1. The standard InChI is InChI=1S/C30H33BN6O/c31-27-19-34-37-29(33-18-23-8-5-13-32-17-23)16-28(35-30(27)37)24-9-6-14-36(21-24)20-22-7-4-12-26(15-22)38-25-10-2-1-3-11-25/h1-5,7-8,10-13,16-17,19,22,24,33H,6,9,14-15,18,20-21,31H2. The third-order valence-corrected chi connectivity index (χ3v) is 7.40. The summed E-state index contributed by atoms with van der Waals surface area (Å²) >= 11 is 0. The fourth-order valence-corrected chi connectivity index (χ4v) is 5.47. The average Bonchev–Trinajstić information content (AvgIpc) is 3.34. The Labute approximate surface area is 224 Å². The van der Waals surface area contributed by atoms with Crippen LogP contribution in [0, 0.1) is 5.92 Å². The van der Waals surface area contributed by atoms with E-state index in [0.717, 1.165) is 72.2 Å². The van der Waals surface area contributed by atoms with Gasteiger partial charge in [-0.1, -0.05) is 36.4 Å². The Balaban J connectivity index is 1.14. The first-order valence-corrected chi connectivity index (χ1v) is 13.5. The summed E-state index contributed by atoms with van der Waals surface area (Å²) in [4.78, 5) is 11.9. The van der Waals surface area contributed by atoms with E-state index < -0.39 is 0 Å². The van der Waals surface area contributed by atoms with Crippen molar-refractivity contribution in [2.75, 3.05) is 25.0 Å². The van der Waals surface area contributed by atoms with Crippen LogP contribution in [0.25, 0.3) is 5.65 Å². The fraction of sp³-hybridized carbons (Fsp3) is 0.300. The maximum absolute atomic E-state index is 6.14. The zero-order valence-electron chi connectivity index (χ0n) is 21.8. The molecule has 1 fully saturated rings. The van der Waals surface area contributed by atoms with Gasteiger partial charge in [-0.05, 0) is 60.6 Å². The zero-order chi connectivity index (χ0) is 25.7. The lowest BCUT2D eigenvalue weighted by Gasteiger charge is -2.35. The number of allylic oxidation sites excluding steroid dienone is 3. The first kappa shape index (κ1) is 24.4. The number of pyridine rings is 1. The van der Waals surface area contributed by atoms with Crippen molar-refractivity contribution in [1.82, 2.24) is 24.5 Å². The number of piperidine rings is 1. The van der Waals surface area contributed by atoms with E-state index in [4.69, 9.17) is 9.72 Å². The molecule has 192 valence electrons. The van der Waals surface area contributed by atoms with Crippen LogP contribution in [0.2, 0.25) is 0 Å².